The highest BCUT2D eigenvalue weighted by Crippen LogP contribution is 2.20. The van der Waals surface area contributed by atoms with E-state index in [1.165, 1.54) is 0 Å². The summed E-state index contributed by atoms with van der Waals surface area (Å²) in [6.07, 6.45) is 3.67. The highest BCUT2D eigenvalue weighted by molar-refractivity contribution is 7.99. The number of nitrogens with zero attached hydrogens (tertiary/aromatic N) is 2. The van der Waals surface area contributed by atoms with Crippen LogP contribution in [0.1, 0.15) is 16.1 Å². The van der Waals surface area contributed by atoms with E-state index in [9.17, 15) is 4.79 Å². The molecule has 0 fully saturated rings. The van der Waals surface area contributed by atoms with Gasteiger partial charge in [0.25, 0.3) is 5.91 Å². The molecule has 2 aromatic heterocycles. The van der Waals surface area contributed by atoms with Crippen LogP contribution in [0.25, 0.3) is 11.0 Å². The molecule has 114 valence electrons. The van der Waals surface area contributed by atoms with Crippen LogP contribution in [0.4, 0.5) is 0 Å². The van der Waals surface area contributed by atoms with Crippen LogP contribution in [0.15, 0.2) is 46.2 Å². The molecule has 0 aliphatic rings. The van der Waals surface area contributed by atoms with Crippen molar-refractivity contribution in [2.75, 3.05) is 12.3 Å². The monoisotopic (exact) mass is 315 g/mol. The molecular formula is C16H17N3O2S. The molecule has 6 heteroatoms. The summed E-state index contributed by atoms with van der Waals surface area (Å²) in [6.45, 7) is 2.49. The molecule has 1 amide bonds. The highest BCUT2D eigenvalue weighted by Gasteiger charge is 2.08. The smallest absolute Gasteiger partial charge is 0.251 e. The first-order chi connectivity index (χ1) is 10.6. The number of aryl methyl sites for hydroxylation is 2. The summed E-state index contributed by atoms with van der Waals surface area (Å²) in [7, 11) is 1.95. The fourth-order valence-corrected chi connectivity index (χ4v) is 3.00. The Morgan fingerprint density at radius 3 is 3.05 bits per heavy atom. The summed E-state index contributed by atoms with van der Waals surface area (Å²) in [6, 6.07) is 7.41. The second-order valence-electron chi connectivity index (χ2n) is 5.03. The van der Waals surface area contributed by atoms with E-state index in [1.54, 1.807) is 24.0 Å². The summed E-state index contributed by atoms with van der Waals surface area (Å²) in [5.41, 5.74) is 1.45. The van der Waals surface area contributed by atoms with Crippen molar-refractivity contribution < 1.29 is 9.21 Å². The van der Waals surface area contributed by atoms with Gasteiger partial charge in [0.1, 0.15) is 11.3 Å². The zero-order chi connectivity index (χ0) is 15.5. The lowest BCUT2D eigenvalue weighted by Gasteiger charge is -2.05. The molecule has 0 aliphatic carbocycles. The van der Waals surface area contributed by atoms with Crippen molar-refractivity contribution >= 4 is 28.6 Å². The number of nitrogens with one attached hydrogen (secondary N) is 1. The summed E-state index contributed by atoms with van der Waals surface area (Å²) < 4.78 is 7.47. The summed E-state index contributed by atoms with van der Waals surface area (Å²) >= 11 is 1.62. The van der Waals surface area contributed by atoms with Crippen LogP contribution in [-0.4, -0.2) is 27.8 Å². The molecule has 0 bridgehead atoms. The highest BCUT2D eigenvalue weighted by atomic mass is 32.2. The van der Waals surface area contributed by atoms with Crippen molar-refractivity contribution in [1.82, 2.24) is 14.9 Å². The van der Waals surface area contributed by atoms with E-state index in [-0.39, 0.29) is 5.91 Å². The topological polar surface area (TPSA) is 60.1 Å². The van der Waals surface area contributed by atoms with Gasteiger partial charge in [0.05, 0.1) is 0 Å². The van der Waals surface area contributed by atoms with Gasteiger partial charge in [-0.2, -0.15) is 0 Å². The standard InChI is InChI=1S/C16H17N3O2S/c1-11-9-13-10-12(3-4-14(13)21-11)15(20)17-6-8-22-16-18-5-7-19(16)2/h3-5,7,9-10H,6,8H2,1-2H3,(H,17,20). The number of amides is 1. The molecule has 1 N–H and O–H groups in total. The SMILES string of the molecule is Cc1cc2cc(C(=O)NCCSc3nccn3C)ccc2o1. The predicted molar refractivity (Wildman–Crippen MR) is 87.2 cm³/mol. The Hall–Kier alpha value is -2.21. The van der Waals surface area contributed by atoms with Crippen LogP contribution >= 0.6 is 11.8 Å². The molecule has 0 spiro atoms. The van der Waals surface area contributed by atoms with Gasteiger partial charge in [-0.05, 0) is 31.2 Å². The average Bonchev–Trinajstić information content (AvgIpc) is 3.07. The molecule has 2 heterocycles. The van der Waals surface area contributed by atoms with Gasteiger partial charge in [0, 0.05) is 42.7 Å². The molecule has 22 heavy (non-hydrogen) atoms. The van der Waals surface area contributed by atoms with Crippen molar-refractivity contribution in [3.8, 4) is 0 Å². The maximum Gasteiger partial charge on any atom is 0.251 e. The fraction of sp³-hybridized carbons (Fsp3) is 0.250. The third kappa shape index (κ3) is 3.17. The van der Waals surface area contributed by atoms with E-state index in [1.807, 2.05) is 42.9 Å². The number of carbonyl (C=O) groups excluding carboxylic acids is 1. The average molecular weight is 315 g/mol. The quantitative estimate of drug-likeness (QED) is 0.581. The van der Waals surface area contributed by atoms with Gasteiger partial charge < -0.3 is 14.3 Å². The van der Waals surface area contributed by atoms with Gasteiger partial charge in [-0.1, -0.05) is 11.8 Å². The molecular weight excluding hydrogens is 298 g/mol. The van der Waals surface area contributed by atoms with Crippen LogP contribution in [-0.2, 0) is 7.05 Å². The van der Waals surface area contributed by atoms with Crippen LogP contribution in [0.5, 0.6) is 0 Å². The maximum absolute atomic E-state index is 12.2. The Morgan fingerprint density at radius 2 is 2.27 bits per heavy atom. The second-order valence-corrected chi connectivity index (χ2v) is 6.10. The first-order valence-corrected chi connectivity index (χ1v) is 8.00. The first-order valence-electron chi connectivity index (χ1n) is 7.02. The number of rotatable bonds is 5. The first kappa shape index (κ1) is 14.7. The Balaban J connectivity index is 1.55. The van der Waals surface area contributed by atoms with Gasteiger partial charge in [-0.25, -0.2) is 4.98 Å². The number of imidazole rings is 1. The molecule has 5 nitrogen and oxygen atoms in total. The van der Waals surface area contributed by atoms with E-state index >= 15 is 0 Å². The van der Waals surface area contributed by atoms with E-state index in [0.717, 1.165) is 27.6 Å². The zero-order valence-corrected chi connectivity index (χ0v) is 13.3. The summed E-state index contributed by atoms with van der Waals surface area (Å²) in [5, 5.41) is 4.83. The fourth-order valence-electron chi connectivity index (χ4n) is 2.22. The number of thioether (sulfide) groups is 1. The van der Waals surface area contributed by atoms with Crippen molar-refractivity contribution in [2.24, 2.45) is 7.05 Å². The lowest BCUT2D eigenvalue weighted by atomic mass is 10.1. The Morgan fingerprint density at radius 1 is 1.41 bits per heavy atom. The Labute approximate surface area is 132 Å². The lowest BCUT2D eigenvalue weighted by Crippen LogP contribution is -2.25. The summed E-state index contributed by atoms with van der Waals surface area (Å²) in [4.78, 5) is 16.4. The third-order valence-electron chi connectivity index (χ3n) is 3.30. The van der Waals surface area contributed by atoms with Crippen molar-refractivity contribution in [2.45, 2.75) is 12.1 Å². The molecule has 3 aromatic rings. The van der Waals surface area contributed by atoms with E-state index < -0.39 is 0 Å². The maximum atomic E-state index is 12.2. The normalized spacial score (nSPS) is 11.0. The van der Waals surface area contributed by atoms with Crippen LogP contribution < -0.4 is 5.32 Å². The summed E-state index contributed by atoms with van der Waals surface area (Å²) in [5.74, 6) is 1.56. The molecule has 0 unspecified atom stereocenters. The zero-order valence-electron chi connectivity index (χ0n) is 12.5. The van der Waals surface area contributed by atoms with Crippen LogP contribution in [0.3, 0.4) is 0 Å². The number of aromatic nitrogens is 2. The van der Waals surface area contributed by atoms with E-state index in [0.29, 0.717) is 12.1 Å². The third-order valence-corrected chi connectivity index (χ3v) is 4.36. The Bertz CT molecular complexity index is 807. The molecule has 0 radical (unpaired) electrons. The number of hydrogen-bond donors (Lipinski definition) is 1. The molecule has 0 saturated heterocycles. The minimum Gasteiger partial charge on any atom is -0.461 e. The Kier molecular flexibility index (Phi) is 4.20. The van der Waals surface area contributed by atoms with Gasteiger partial charge in [0.2, 0.25) is 0 Å². The van der Waals surface area contributed by atoms with Gasteiger partial charge in [-0.15, -0.1) is 0 Å². The molecule has 0 aliphatic heterocycles. The van der Waals surface area contributed by atoms with E-state index in [4.69, 9.17) is 4.42 Å². The number of furan rings is 1. The largest absolute Gasteiger partial charge is 0.461 e. The van der Waals surface area contributed by atoms with Gasteiger partial charge in [-0.3, -0.25) is 4.79 Å². The van der Waals surface area contributed by atoms with Crippen molar-refractivity contribution in [3.63, 3.8) is 0 Å². The molecule has 1 aromatic carbocycles. The van der Waals surface area contributed by atoms with Crippen molar-refractivity contribution in [3.05, 3.63) is 48.0 Å². The van der Waals surface area contributed by atoms with Crippen LogP contribution in [0, 0.1) is 6.92 Å². The number of benzene rings is 1. The van der Waals surface area contributed by atoms with Crippen LogP contribution in [0.2, 0.25) is 0 Å². The van der Waals surface area contributed by atoms with Crippen molar-refractivity contribution in [1.29, 1.82) is 0 Å². The van der Waals surface area contributed by atoms with E-state index in [2.05, 4.69) is 10.3 Å². The lowest BCUT2D eigenvalue weighted by molar-refractivity contribution is 0.0956. The molecule has 3 rings (SSSR count). The minimum absolute atomic E-state index is 0.0683. The molecule has 0 atom stereocenters. The number of carbonyl (C=O) groups is 1. The predicted octanol–water partition coefficient (Wildman–Crippen LogP) is 3.00. The molecule has 0 saturated carbocycles. The van der Waals surface area contributed by atoms with Gasteiger partial charge in [0.15, 0.2) is 5.16 Å². The number of fused-ring (bicyclic) bond motifs is 1. The minimum atomic E-state index is -0.0683. The second kappa shape index (κ2) is 6.27. The number of hydrogen-bond acceptors (Lipinski definition) is 4. The van der Waals surface area contributed by atoms with Gasteiger partial charge >= 0.3 is 0 Å².